The van der Waals surface area contributed by atoms with Crippen LogP contribution in [0.5, 0.6) is 5.75 Å². The molecule has 0 aromatic heterocycles. The Morgan fingerprint density at radius 2 is 1.96 bits per heavy atom. The molecule has 0 aliphatic carbocycles. The number of aliphatic carboxylic acids is 1. The number of carbonyl (C=O) groups is 4. The third-order valence-corrected chi connectivity index (χ3v) is 4.64. The number of nitrogens with one attached hydrogen (secondary N) is 1. The van der Waals surface area contributed by atoms with E-state index in [1.54, 1.807) is 24.3 Å². The molecule has 1 aromatic rings. The average Bonchev–Trinajstić information content (AvgIpc) is 3.02. The van der Waals surface area contributed by atoms with Gasteiger partial charge in [0.25, 0.3) is 5.91 Å². The summed E-state index contributed by atoms with van der Waals surface area (Å²) >= 11 is 0. The van der Waals surface area contributed by atoms with Gasteiger partial charge in [0.15, 0.2) is 6.61 Å². The number of ether oxygens (including phenoxy) is 1. The van der Waals surface area contributed by atoms with E-state index in [1.165, 1.54) is 4.90 Å². The summed E-state index contributed by atoms with van der Waals surface area (Å²) in [5, 5.41) is 12.0. The van der Waals surface area contributed by atoms with Crippen LogP contribution in [0.25, 0.3) is 0 Å². The number of benzene rings is 1. The van der Waals surface area contributed by atoms with Crippen LogP contribution in [0.4, 0.5) is 0 Å². The Morgan fingerprint density at radius 3 is 2.59 bits per heavy atom. The first-order valence-electron chi connectivity index (χ1n) is 8.75. The van der Waals surface area contributed by atoms with Crippen LogP contribution in [0.2, 0.25) is 0 Å². The predicted octanol–water partition coefficient (Wildman–Crippen LogP) is -0.186. The van der Waals surface area contributed by atoms with Crippen LogP contribution in [0.1, 0.15) is 19.8 Å². The van der Waals surface area contributed by atoms with Crippen molar-refractivity contribution in [3.8, 4) is 5.75 Å². The van der Waals surface area contributed by atoms with E-state index in [2.05, 4.69) is 5.32 Å². The zero-order valence-electron chi connectivity index (χ0n) is 14.8. The minimum atomic E-state index is -1.31. The molecule has 27 heavy (non-hydrogen) atoms. The molecule has 2 fully saturated rings. The highest BCUT2D eigenvalue weighted by Crippen LogP contribution is 2.33. The molecule has 2 saturated heterocycles. The van der Waals surface area contributed by atoms with Gasteiger partial charge in [-0.2, -0.15) is 0 Å². The molecule has 2 N–H and O–H groups in total. The van der Waals surface area contributed by atoms with Gasteiger partial charge in [-0.05, 0) is 18.6 Å². The number of carbonyl (C=O) groups excluding carboxylic acids is 3. The Morgan fingerprint density at radius 1 is 1.26 bits per heavy atom. The van der Waals surface area contributed by atoms with Gasteiger partial charge in [0, 0.05) is 13.0 Å². The molecule has 3 rings (SSSR count). The zero-order chi connectivity index (χ0) is 19.6. The second kappa shape index (κ2) is 7.65. The van der Waals surface area contributed by atoms with Crippen molar-refractivity contribution in [1.82, 2.24) is 15.1 Å². The van der Waals surface area contributed by atoms with Crippen LogP contribution in [-0.4, -0.2) is 70.0 Å². The second-order valence-electron chi connectivity index (χ2n) is 6.47. The summed E-state index contributed by atoms with van der Waals surface area (Å²) in [7, 11) is 0. The minimum absolute atomic E-state index is 0.0893. The van der Waals surface area contributed by atoms with Crippen molar-refractivity contribution in [2.45, 2.75) is 38.0 Å². The van der Waals surface area contributed by atoms with Gasteiger partial charge in [0.1, 0.15) is 11.8 Å². The first-order chi connectivity index (χ1) is 12.9. The maximum absolute atomic E-state index is 12.4. The lowest BCUT2D eigenvalue weighted by Crippen LogP contribution is -2.71. The smallest absolute Gasteiger partial charge is 0.347 e. The third-order valence-electron chi connectivity index (χ3n) is 4.64. The zero-order valence-corrected chi connectivity index (χ0v) is 14.8. The number of nitrogens with zero attached hydrogens (tertiary/aromatic N) is 2. The van der Waals surface area contributed by atoms with E-state index in [0.29, 0.717) is 12.2 Å². The van der Waals surface area contributed by atoms with Crippen molar-refractivity contribution >= 4 is 23.7 Å². The minimum Gasteiger partial charge on any atom is -0.484 e. The molecule has 0 bridgehead atoms. The van der Waals surface area contributed by atoms with Gasteiger partial charge in [0.05, 0.1) is 6.04 Å². The summed E-state index contributed by atoms with van der Waals surface area (Å²) < 4.78 is 5.34. The number of hydrogen-bond acceptors (Lipinski definition) is 5. The van der Waals surface area contributed by atoms with Crippen LogP contribution in [0.3, 0.4) is 0 Å². The predicted molar refractivity (Wildman–Crippen MR) is 92.5 cm³/mol. The SMILES string of the molecule is CCCC(=O)N1CC2[C@H](NC(=O)COc3ccccc3)C(=O)N2C1C(=O)O. The molecule has 0 saturated carbocycles. The molecule has 0 spiro atoms. The van der Waals surface area contributed by atoms with Gasteiger partial charge in [-0.15, -0.1) is 0 Å². The van der Waals surface area contributed by atoms with E-state index in [-0.39, 0.29) is 25.5 Å². The number of fused-ring (bicyclic) bond motifs is 1. The lowest BCUT2D eigenvalue weighted by Gasteiger charge is -2.43. The highest BCUT2D eigenvalue weighted by Gasteiger charge is 2.60. The number of rotatable bonds is 7. The fourth-order valence-electron chi connectivity index (χ4n) is 3.40. The molecule has 3 amide bonds. The fraction of sp³-hybridized carbons (Fsp3) is 0.444. The first-order valence-corrected chi connectivity index (χ1v) is 8.75. The Labute approximate surface area is 155 Å². The molecule has 2 aliphatic heterocycles. The van der Waals surface area contributed by atoms with Crippen LogP contribution in [0.15, 0.2) is 30.3 Å². The van der Waals surface area contributed by atoms with Crippen molar-refractivity contribution in [3.63, 3.8) is 0 Å². The Balaban J connectivity index is 1.61. The molecule has 0 radical (unpaired) electrons. The average molecular weight is 375 g/mol. The summed E-state index contributed by atoms with van der Waals surface area (Å²) in [5.74, 6) is -2.04. The molecule has 2 heterocycles. The number of hydrogen-bond donors (Lipinski definition) is 2. The Bertz CT molecular complexity index is 753. The quantitative estimate of drug-likeness (QED) is 0.639. The molecule has 144 valence electrons. The van der Waals surface area contributed by atoms with Gasteiger partial charge in [-0.1, -0.05) is 25.1 Å². The van der Waals surface area contributed by atoms with E-state index >= 15 is 0 Å². The molecule has 2 aliphatic rings. The molecular formula is C18H21N3O6. The number of β-lactam (4-membered cyclic amide) rings is 1. The number of carboxylic acids is 1. The standard InChI is InChI=1S/C18H21N3O6/c1-2-6-14(23)20-9-12-15(17(24)21(12)16(20)18(25)26)19-13(22)10-27-11-7-4-3-5-8-11/h3-5,7-8,12,15-16H,2,6,9-10H2,1H3,(H,19,22)(H,25,26)/t12?,15-,16?/m0/s1. The Kier molecular flexibility index (Phi) is 5.29. The summed E-state index contributed by atoms with van der Waals surface area (Å²) in [6, 6.07) is 7.38. The van der Waals surface area contributed by atoms with Crippen LogP contribution in [-0.2, 0) is 19.2 Å². The largest absolute Gasteiger partial charge is 0.484 e. The van der Waals surface area contributed by atoms with Crippen molar-refractivity contribution in [3.05, 3.63) is 30.3 Å². The van der Waals surface area contributed by atoms with Crippen LogP contribution < -0.4 is 10.1 Å². The summed E-state index contributed by atoms with van der Waals surface area (Å²) in [6.07, 6.45) is -0.521. The van der Waals surface area contributed by atoms with Crippen molar-refractivity contribution in [2.75, 3.05) is 13.2 Å². The highest BCUT2D eigenvalue weighted by atomic mass is 16.5. The maximum atomic E-state index is 12.4. The summed E-state index contributed by atoms with van der Waals surface area (Å²) in [6.45, 7) is 1.65. The van der Waals surface area contributed by atoms with Gasteiger partial charge in [0.2, 0.25) is 18.0 Å². The van der Waals surface area contributed by atoms with Crippen LogP contribution in [0, 0.1) is 0 Å². The third kappa shape index (κ3) is 3.57. The fourth-order valence-corrected chi connectivity index (χ4v) is 3.40. The van der Waals surface area contributed by atoms with Crippen molar-refractivity contribution in [2.24, 2.45) is 0 Å². The molecule has 9 nitrogen and oxygen atoms in total. The van der Waals surface area contributed by atoms with E-state index in [4.69, 9.17) is 4.74 Å². The first kappa shape index (κ1) is 18.7. The van der Waals surface area contributed by atoms with E-state index in [9.17, 15) is 24.3 Å². The Hall–Kier alpha value is -3.10. The van der Waals surface area contributed by atoms with Crippen LogP contribution >= 0.6 is 0 Å². The van der Waals surface area contributed by atoms with Crippen molar-refractivity contribution in [1.29, 1.82) is 0 Å². The van der Waals surface area contributed by atoms with E-state index < -0.39 is 36.0 Å². The number of amides is 3. The lowest BCUT2D eigenvalue weighted by atomic mass is 9.96. The van der Waals surface area contributed by atoms with Gasteiger partial charge in [-0.25, -0.2) is 4.79 Å². The monoisotopic (exact) mass is 375 g/mol. The topological polar surface area (TPSA) is 116 Å². The molecular weight excluding hydrogens is 354 g/mol. The lowest BCUT2D eigenvalue weighted by molar-refractivity contribution is -0.166. The van der Waals surface area contributed by atoms with Gasteiger partial charge in [-0.3, -0.25) is 14.4 Å². The number of carboxylic acid groups (broad SMARTS) is 1. The normalized spacial score (nSPS) is 23.4. The molecule has 1 aromatic carbocycles. The maximum Gasteiger partial charge on any atom is 0.347 e. The van der Waals surface area contributed by atoms with Gasteiger partial charge >= 0.3 is 5.97 Å². The summed E-state index contributed by atoms with van der Waals surface area (Å²) in [5.41, 5.74) is 0. The van der Waals surface area contributed by atoms with E-state index in [1.807, 2.05) is 13.0 Å². The summed E-state index contributed by atoms with van der Waals surface area (Å²) in [4.78, 5) is 50.5. The van der Waals surface area contributed by atoms with Crippen molar-refractivity contribution < 1.29 is 29.0 Å². The number of para-hydroxylation sites is 1. The molecule has 2 unspecified atom stereocenters. The molecule has 3 atom stereocenters. The molecule has 9 heteroatoms. The van der Waals surface area contributed by atoms with E-state index in [0.717, 1.165) is 4.90 Å². The van der Waals surface area contributed by atoms with Gasteiger partial charge < -0.3 is 25.0 Å². The highest BCUT2D eigenvalue weighted by molar-refractivity contribution is 5.99. The second-order valence-corrected chi connectivity index (χ2v) is 6.47.